The fourth-order valence-electron chi connectivity index (χ4n) is 3.51. The van der Waals surface area contributed by atoms with Crippen molar-refractivity contribution in [2.24, 2.45) is 5.92 Å². The molecule has 1 fully saturated rings. The third-order valence-electron chi connectivity index (χ3n) is 4.46. The second-order valence-corrected chi connectivity index (χ2v) is 6.48. The number of hydrogen-bond donors (Lipinski definition) is 1. The molecule has 1 aliphatic rings. The number of benzene rings is 1. The normalized spacial score (nSPS) is 16.9. The minimum atomic E-state index is -0.376. The number of rotatable bonds is 5. The van der Waals surface area contributed by atoms with Crippen LogP contribution in [-0.2, 0) is 9.59 Å². The van der Waals surface area contributed by atoms with Crippen molar-refractivity contribution in [2.75, 3.05) is 12.4 Å². The molecule has 1 aliphatic carbocycles. The quantitative estimate of drug-likeness (QED) is 0.849. The average Bonchev–Trinajstić information content (AvgIpc) is 2.47. The van der Waals surface area contributed by atoms with E-state index in [0.717, 1.165) is 48.9 Å². The van der Waals surface area contributed by atoms with Gasteiger partial charge in [0.25, 0.3) is 0 Å². The Morgan fingerprint density at radius 3 is 2.32 bits per heavy atom. The van der Waals surface area contributed by atoms with E-state index in [9.17, 15) is 9.59 Å². The molecule has 4 nitrogen and oxygen atoms in total. The van der Waals surface area contributed by atoms with Gasteiger partial charge in [-0.3, -0.25) is 9.59 Å². The van der Waals surface area contributed by atoms with Gasteiger partial charge < -0.3 is 10.2 Å². The molecule has 0 unspecified atom stereocenters. The molecular formula is C18H26N2O2. The van der Waals surface area contributed by atoms with E-state index >= 15 is 0 Å². The highest BCUT2D eigenvalue weighted by Crippen LogP contribution is 2.29. The number of nitrogens with zero attached hydrogens (tertiary/aromatic N) is 1. The van der Waals surface area contributed by atoms with Crippen LogP contribution in [0.15, 0.2) is 18.2 Å². The number of amides is 2. The van der Waals surface area contributed by atoms with Gasteiger partial charge >= 0.3 is 0 Å². The zero-order valence-corrected chi connectivity index (χ0v) is 13.8. The standard InChI is InChI=1S/C18H26N2O2/c1-13-9-14(2)11-16(10-13)19-18(22)17(20(3)12-21)15-7-5-4-6-8-15/h9-12,15,17H,4-8H2,1-3H3,(H,19,22)/t17-/m1/s1. The van der Waals surface area contributed by atoms with Gasteiger partial charge in [-0.25, -0.2) is 0 Å². The maximum absolute atomic E-state index is 12.7. The van der Waals surface area contributed by atoms with Crippen molar-refractivity contribution in [1.29, 1.82) is 0 Å². The largest absolute Gasteiger partial charge is 0.336 e. The SMILES string of the molecule is Cc1cc(C)cc(NC(=O)[C@@H](C2CCCCC2)N(C)C=O)c1. The molecule has 0 saturated heterocycles. The van der Waals surface area contributed by atoms with E-state index < -0.39 is 0 Å². The minimum absolute atomic E-state index is 0.0773. The molecule has 4 heteroatoms. The molecule has 0 radical (unpaired) electrons. The zero-order chi connectivity index (χ0) is 16.1. The molecule has 1 aromatic carbocycles. The first-order chi connectivity index (χ1) is 10.5. The molecule has 0 aromatic heterocycles. The van der Waals surface area contributed by atoms with E-state index in [2.05, 4.69) is 11.4 Å². The molecule has 2 rings (SSSR count). The van der Waals surface area contributed by atoms with Gasteiger partial charge in [0.15, 0.2) is 0 Å². The number of aryl methyl sites for hydroxylation is 2. The average molecular weight is 302 g/mol. The van der Waals surface area contributed by atoms with Crippen molar-refractivity contribution < 1.29 is 9.59 Å². The van der Waals surface area contributed by atoms with Gasteiger partial charge in [0.1, 0.15) is 6.04 Å². The van der Waals surface area contributed by atoms with Crippen LogP contribution in [0.25, 0.3) is 0 Å². The van der Waals surface area contributed by atoms with Crippen molar-refractivity contribution >= 4 is 18.0 Å². The smallest absolute Gasteiger partial charge is 0.247 e. The highest BCUT2D eigenvalue weighted by atomic mass is 16.2. The van der Waals surface area contributed by atoms with Crippen molar-refractivity contribution in [3.8, 4) is 0 Å². The van der Waals surface area contributed by atoms with Crippen LogP contribution >= 0.6 is 0 Å². The Labute approximate surface area is 132 Å². The molecule has 1 atom stereocenters. The van der Waals surface area contributed by atoms with Crippen LogP contribution < -0.4 is 5.32 Å². The third-order valence-corrected chi connectivity index (χ3v) is 4.46. The lowest BCUT2D eigenvalue weighted by Crippen LogP contribution is -2.47. The molecule has 1 N–H and O–H groups in total. The van der Waals surface area contributed by atoms with Crippen LogP contribution in [0.3, 0.4) is 0 Å². The van der Waals surface area contributed by atoms with Crippen LogP contribution in [0.2, 0.25) is 0 Å². The highest BCUT2D eigenvalue weighted by Gasteiger charge is 2.32. The Bertz CT molecular complexity index is 516. The van der Waals surface area contributed by atoms with Crippen molar-refractivity contribution in [2.45, 2.75) is 52.0 Å². The van der Waals surface area contributed by atoms with E-state index in [0.29, 0.717) is 0 Å². The molecule has 22 heavy (non-hydrogen) atoms. The summed E-state index contributed by atoms with van der Waals surface area (Å²) in [4.78, 5) is 25.4. The summed E-state index contributed by atoms with van der Waals surface area (Å²) in [6.45, 7) is 4.03. The van der Waals surface area contributed by atoms with Crippen LogP contribution in [0.5, 0.6) is 0 Å². The fourth-order valence-corrected chi connectivity index (χ4v) is 3.51. The van der Waals surface area contributed by atoms with Gasteiger partial charge in [-0.15, -0.1) is 0 Å². The van der Waals surface area contributed by atoms with Crippen LogP contribution in [0.4, 0.5) is 5.69 Å². The van der Waals surface area contributed by atoms with Crippen molar-refractivity contribution in [3.05, 3.63) is 29.3 Å². The van der Waals surface area contributed by atoms with Gasteiger partial charge in [0.2, 0.25) is 12.3 Å². The first kappa shape index (κ1) is 16.5. The summed E-state index contributed by atoms with van der Waals surface area (Å²) in [5.74, 6) is 0.182. The Hall–Kier alpha value is -1.84. The fraction of sp³-hybridized carbons (Fsp3) is 0.556. The van der Waals surface area contributed by atoms with Gasteiger partial charge in [0, 0.05) is 12.7 Å². The van der Waals surface area contributed by atoms with Gasteiger partial charge in [-0.05, 0) is 55.9 Å². The van der Waals surface area contributed by atoms with E-state index in [1.807, 2.05) is 26.0 Å². The lowest BCUT2D eigenvalue weighted by Gasteiger charge is -2.33. The predicted octanol–water partition coefficient (Wildman–Crippen LogP) is 3.28. The minimum Gasteiger partial charge on any atom is -0.336 e. The van der Waals surface area contributed by atoms with Crippen molar-refractivity contribution in [3.63, 3.8) is 0 Å². The third kappa shape index (κ3) is 4.09. The summed E-state index contributed by atoms with van der Waals surface area (Å²) < 4.78 is 0. The second-order valence-electron chi connectivity index (χ2n) is 6.48. The number of nitrogens with one attached hydrogen (secondary N) is 1. The Kier molecular flexibility index (Phi) is 5.58. The maximum atomic E-state index is 12.7. The number of anilines is 1. The number of likely N-dealkylation sites (N-methyl/N-ethyl adjacent to an activating group) is 1. The molecule has 120 valence electrons. The first-order valence-corrected chi connectivity index (χ1v) is 8.07. The molecule has 0 bridgehead atoms. The lowest BCUT2D eigenvalue weighted by atomic mass is 9.83. The number of carbonyl (C=O) groups excluding carboxylic acids is 2. The summed E-state index contributed by atoms with van der Waals surface area (Å²) in [7, 11) is 1.70. The molecule has 1 saturated carbocycles. The predicted molar refractivity (Wildman–Crippen MR) is 88.7 cm³/mol. The van der Waals surface area contributed by atoms with E-state index in [-0.39, 0.29) is 17.9 Å². The maximum Gasteiger partial charge on any atom is 0.247 e. The molecule has 0 spiro atoms. The molecular weight excluding hydrogens is 276 g/mol. The molecule has 2 amide bonds. The van der Waals surface area contributed by atoms with Crippen LogP contribution in [-0.4, -0.2) is 30.3 Å². The molecule has 0 aliphatic heterocycles. The van der Waals surface area contributed by atoms with Gasteiger partial charge in [-0.2, -0.15) is 0 Å². The van der Waals surface area contributed by atoms with Crippen LogP contribution in [0, 0.1) is 19.8 Å². The van der Waals surface area contributed by atoms with Gasteiger partial charge in [-0.1, -0.05) is 25.3 Å². The van der Waals surface area contributed by atoms with Crippen molar-refractivity contribution in [1.82, 2.24) is 4.90 Å². The van der Waals surface area contributed by atoms with Gasteiger partial charge in [0.05, 0.1) is 0 Å². The second kappa shape index (κ2) is 7.43. The first-order valence-electron chi connectivity index (χ1n) is 8.07. The topological polar surface area (TPSA) is 49.4 Å². The summed E-state index contributed by atoms with van der Waals surface area (Å²) in [5.41, 5.74) is 3.05. The number of hydrogen-bond acceptors (Lipinski definition) is 2. The number of carbonyl (C=O) groups is 2. The Morgan fingerprint density at radius 2 is 1.77 bits per heavy atom. The lowest BCUT2D eigenvalue weighted by molar-refractivity contribution is -0.131. The monoisotopic (exact) mass is 302 g/mol. The summed E-state index contributed by atoms with van der Waals surface area (Å²) in [6.07, 6.45) is 6.31. The van der Waals surface area contributed by atoms with E-state index in [4.69, 9.17) is 0 Å². The Balaban J connectivity index is 2.15. The molecule has 0 heterocycles. The van der Waals surface area contributed by atoms with Crippen LogP contribution in [0.1, 0.15) is 43.2 Å². The zero-order valence-electron chi connectivity index (χ0n) is 13.8. The highest BCUT2D eigenvalue weighted by molar-refractivity contribution is 5.96. The van der Waals surface area contributed by atoms with E-state index in [1.54, 1.807) is 7.05 Å². The van der Waals surface area contributed by atoms with E-state index in [1.165, 1.54) is 11.3 Å². The summed E-state index contributed by atoms with van der Waals surface area (Å²) in [6, 6.07) is 5.62. The Morgan fingerprint density at radius 1 is 1.18 bits per heavy atom. The molecule has 1 aromatic rings. The summed E-state index contributed by atoms with van der Waals surface area (Å²) >= 11 is 0. The summed E-state index contributed by atoms with van der Waals surface area (Å²) in [5, 5.41) is 3.00.